The van der Waals surface area contributed by atoms with Crippen molar-refractivity contribution in [2.75, 3.05) is 13.6 Å². The Balaban J connectivity index is 1.96. The number of para-hydroxylation sites is 1. The normalized spacial score (nSPS) is 14.2. The van der Waals surface area contributed by atoms with Gasteiger partial charge >= 0.3 is 0 Å². The maximum atomic E-state index is 11.0. The molecule has 0 aliphatic heterocycles. The molecule has 0 radical (unpaired) electrons. The fraction of sp³-hybridized carbons (Fsp3) is 0.250. The lowest BCUT2D eigenvalue weighted by atomic mass is 10.1. The molecule has 0 bridgehead atoms. The number of ether oxygens (including phenoxy) is 1. The van der Waals surface area contributed by atoms with Gasteiger partial charge in [0.15, 0.2) is 11.3 Å². The van der Waals surface area contributed by atoms with Crippen LogP contribution in [0.3, 0.4) is 0 Å². The van der Waals surface area contributed by atoms with Crippen LogP contribution in [-0.4, -0.2) is 18.7 Å². The summed E-state index contributed by atoms with van der Waals surface area (Å²) >= 11 is 1.53. The molecule has 2 N–H and O–H groups in total. The number of thiophene rings is 1. The third-order valence-corrected chi connectivity index (χ3v) is 4.09. The van der Waals surface area contributed by atoms with Gasteiger partial charge in [-0.25, -0.2) is 0 Å². The summed E-state index contributed by atoms with van der Waals surface area (Å²) in [5.74, 6) is -0.827. The van der Waals surface area contributed by atoms with Crippen molar-refractivity contribution in [3.8, 4) is 5.75 Å². The van der Waals surface area contributed by atoms with E-state index in [-0.39, 0.29) is 0 Å². The Kier molecular flexibility index (Phi) is 3.96. The molecule has 2 aromatic heterocycles. The second-order valence-electron chi connectivity index (χ2n) is 4.85. The maximum Gasteiger partial charge on any atom is 0.237 e. The zero-order chi connectivity index (χ0) is 14.7. The second-order valence-corrected chi connectivity index (χ2v) is 5.63. The maximum absolute atomic E-state index is 11.0. The molecule has 110 valence electrons. The SMILES string of the molecule is CNCC[C@@](O)(Oc1cccc2ccoc12)c1ccsc1. The largest absolute Gasteiger partial charge is 0.460 e. The van der Waals surface area contributed by atoms with E-state index in [9.17, 15) is 5.11 Å². The van der Waals surface area contributed by atoms with E-state index in [4.69, 9.17) is 9.15 Å². The summed E-state index contributed by atoms with van der Waals surface area (Å²) in [5.41, 5.74) is 1.40. The summed E-state index contributed by atoms with van der Waals surface area (Å²) in [5, 5.41) is 18.8. The molecule has 0 spiro atoms. The van der Waals surface area contributed by atoms with Gasteiger partial charge in [0.2, 0.25) is 5.79 Å². The quantitative estimate of drug-likeness (QED) is 0.686. The highest BCUT2D eigenvalue weighted by molar-refractivity contribution is 7.08. The number of aliphatic hydroxyl groups is 1. The molecule has 5 heteroatoms. The molecule has 0 aliphatic rings. The lowest BCUT2D eigenvalue weighted by Crippen LogP contribution is -2.35. The monoisotopic (exact) mass is 303 g/mol. The fourth-order valence-electron chi connectivity index (χ4n) is 2.26. The number of hydrogen-bond acceptors (Lipinski definition) is 5. The van der Waals surface area contributed by atoms with Crippen molar-refractivity contribution in [2.45, 2.75) is 12.2 Å². The molecule has 0 saturated carbocycles. The number of nitrogens with one attached hydrogen (secondary N) is 1. The van der Waals surface area contributed by atoms with Crippen LogP contribution in [0.1, 0.15) is 12.0 Å². The van der Waals surface area contributed by atoms with Crippen molar-refractivity contribution in [2.24, 2.45) is 0 Å². The third kappa shape index (κ3) is 2.81. The van der Waals surface area contributed by atoms with Gasteiger partial charge in [-0.3, -0.25) is 0 Å². The highest BCUT2D eigenvalue weighted by atomic mass is 32.1. The average molecular weight is 303 g/mol. The minimum absolute atomic E-state index is 0.442. The van der Waals surface area contributed by atoms with Crippen LogP contribution in [0.4, 0.5) is 0 Å². The number of benzene rings is 1. The van der Waals surface area contributed by atoms with E-state index in [0.29, 0.717) is 24.3 Å². The van der Waals surface area contributed by atoms with Gasteiger partial charge in [0.25, 0.3) is 0 Å². The van der Waals surface area contributed by atoms with Gasteiger partial charge in [0.1, 0.15) is 0 Å². The first kappa shape index (κ1) is 14.1. The molecule has 1 atom stereocenters. The van der Waals surface area contributed by atoms with Crippen LogP contribution < -0.4 is 10.1 Å². The second kappa shape index (κ2) is 5.89. The van der Waals surface area contributed by atoms with Gasteiger partial charge in [-0.15, -0.1) is 0 Å². The molecule has 0 unspecified atom stereocenters. The van der Waals surface area contributed by atoms with Crippen molar-refractivity contribution < 1.29 is 14.3 Å². The number of hydrogen-bond donors (Lipinski definition) is 2. The van der Waals surface area contributed by atoms with Gasteiger partial charge in [-0.1, -0.05) is 12.1 Å². The highest BCUT2D eigenvalue weighted by Gasteiger charge is 2.32. The zero-order valence-corrected chi connectivity index (χ0v) is 12.5. The first-order chi connectivity index (χ1) is 10.2. The minimum Gasteiger partial charge on any atom is -0.460 e. The Bertz CT molecular complexity index is 707. The summed E-state index contributed by atoms with van der Waals surface area (Å²) in [6.45, 7) is 0.639. The topological polar surface area (TPSA) is 54.6 Å². The van der Waals surface area contributed by atoms with Crippen LogP contribution >= 0.6 is 11.3 Å². The van der Waals surface area contributed by atoms with Crippen molar-refractivity contribution >= 4 is 22.3 Å². The van der Waals surface area contributed by atoms with Gasteiger partial charge in [0.05, 0.1) is 6.26 Å². The average Bonchev–Trinajstić information content (AvgIpc) is 3.16. The van der Waals surface area contributed by atoms with Crippen molar-refractivity contribution in [3.63, 3.8) is 0 Å². The Morgan fingerprint density at radius 1 is 1.33 bits per heavy atom. The minimum atomic E-state index is -1.37. The fourth-order valence-corrected chi connectivity index (χ4v) is 2.98. The Hall–Kier alpha value is -1.82. The summed E-state index contributed by atoms with van der Waals surface area (Å²) in [6.07, 6.45) is 2.06. The molecule has 3 rings (SSSR count). The predicted octanol–water partition coefficient (Wildman–Crippen LogP) is 3.33. The number of fused-ring (bicyclic) bond motifs is 1. The zero-order valence-electron chi connectivity index (χ0n) is 11.7. The molecule has 0 aliphatic carbocycles. The molecule has 2 heterocycles. The summed E-state index contributed by atoms with van der Waals surface area (Å²) in [4.78, 5) is 0. The van der Waals surface area contributed by atoms with Gasteiger partial charge < -0.3 is 19.6 Å². The van der Waals surface area contributed by atoms with E-state index < -0.39 is 5.79 Å². The van der Waals surface area contributed by atoms with Crippen LogP contribution in [0.5, 0.6) is 5.75 Å². The van der Waals surface area contributed by atoms with E-state index in [1.165, 1.54) is 11.3 Å². The standard InChI is InChI=1S/C16H17NO3S/c1-17-8-7-16(18,13-6-10-21-11-13)20-14-4-2-3-12-5-9-19-15(12)14/h2-6,9-11,17-18H,7-8H2,1H3/t16-/m1/s1. The highest BCUT2D eigenvalue weighted by Crippen LogP contribution is 2.34. The van der Waals surface area contributed by atoms with Crippen LogP contribution in [0.25, 0.3) is 11.0 Å². The van der Waals surface area contributed by atoms with E-state index >= 15 is 0 Å². The van der Waals surface area contributed by atoms with Crippen molar-refractivity contribution in [3.05, 3.63) is 52.9 Å². The van der Waals surface area contributed by atoms with Crippen LogP contribution in [-0.2, 0) is 5.79 Å². The molecule has 3 aromatic rings. The van der Waals surface area contributed by atoms with Crippen LogP contribution in [0, 0.1) is 0 Å². The first-order valence-corrected chi connectivity index (χ1v) is 7.72. The van der Waals surface area contributed by atoms with Gasteiger partial charge in [-0.05, 0) is 30.6 Å². The molecular weight excluding hydrogens is 286 g/mol. The smallest absolute Gasteiger partial charge is 0.237 e. The molecule has 0 saturated heterocycles. The molecule has 0 fully saturated rings. The third-order valence-electron chi connectivity index (χ3n) is 3.41. The van der Waals surface area contributed by atoms with Crippen molar-refractivity contribution in [1.29, 1.82) is 0 Å². The molecular formula is C16H17NO3S. The predicted molar refractivity (Wildman–Crippen MR) is 83.6 cm³/mol. The summed E-state index contributed by atoms with van der Waals surface area (Å²) < 4.78 is 11.4. The van der Waals surface area contributed by atoms with E-state index in [1.54, 1.807) is 6.26 Å². The van der Waals surface area contributed by atoms with E-state index in [2.05, 4.69) is 5.32 Å². The Morgan fingerprint density at radius 2 is 2.24 bits per heavy atom. The van der Waals surface area contributed by atoms with E-state index in [1.807, 2.05) is 48.1 Å². The number of furan rings is 1. The molecule has 21 heavy (non-hydrogen) atoms. The first-order valence-electron chi connectivity index (χ1n) is 6.78. The van der Waals surface area contributed by atoms with Gasteiger partial charge in [-0.2, -0.15) is 11.3 Å². The number of rotatable bonds is 6. The van der Waals surface area contributed by atoms with Crippen molar-refractivity contribution in [1.82, 2.24) is 5.32 Å². The summed E-state index contributed by atoms with van der Waals surface area (Å²) in [6, 6.07) is 9.40. The van der Waals surface area contributed by atoms with E-state index in [0.717, 1.165) is 10.9 Å². The van der Waals surface area contributed by atoms with Crippen LogP contribution in [0.15, 0.2) is 51.8 Å². The lowest BCUT2D eigenvalue weighted by molar-refractivity contribution is -0.149. The van der Waals surface area contributed by atoms with Gasteiger partial charge in [0, 0.05) is 29.3 Å². The van der Waals surface area contributed by atoms with Crippen LogP contribution in [0.2, 0.25) is 0 Å². The Labute approximate surface area is 127 Å². The summed E-state index contributed by atoms with van der Waals surface area (Å²) in [7, 11) is 1.85. The lowest BCUT2D eigenvalue weighted by Gasteiger charge is -2.28. The molecule has 0 amide bonds. The molecule has 4 nitrogen and oxygen atoms in total. The Morgan fingerprint density at radius 3 is 3.00 bits per heavy atom. The molecule has 1 aromatic carbocycles.